The molecule has 1 aromatic carbocycles. The fourth-order valence-electron chi connectivity index (χ4n) is 4.15. The van der Waals surface area contributed by atoms with E-state index in [-0.39, 0.29) is 22.6 Å². The molecule has 40 heavy (non-hydrogen) atoms. The average Bonchev–Trinajstić information content (AvgIpc) is 3.68. The first-order valence-electron chi connectivity index (χ1n) is 11.6. The molecular weight excluding hydrogens is 593 g/mol. The van der Waals surface area contributed by atoms with Crippen LogP contribution in [0.25, 0.3) is 40.4 Å². The fourth-order valence-corrected chi connectivity index (χ4v) is 8.35. The summed E-state index contributed by atoms with van der Waals surface area (Å²) in [6.45, 7) is 0. The minimum absolute atomic E-state index is 0.187. The Morgan fingerprint density at radius 1 is 0.525 bits per heavy atom. The quantitative estimate of drug-likeness (QED) is 0.129. The SMILES string of the molecule is O=C(O)Cc1cc(-c2ccc(C(=O)O)s2)sc1-c1cccc(-c2sc(-c3ccc(C(=O)O)s3)cc2CC(=O)O)c1. The number of hydrogen-bond acceptors (Lipinski definition) is 8. The Morgan fingerprint density at radius 3 is 1.30 bits per heavy atom. The number of hydrogen-bond donors (Lipinski definition) is 4. The van der Waals surface area contributed by atoms with Crippen molar-refractivity contribution in [3.05, 3.63) is 81.5 Å². The highest BCUT2D eigenvalue weighted by molar-refractivity contribution is 7.25. The molecule has 0 saturated heterocycles. The largest absolute Gasteiger partial charge is 0.481 e. The molecule has 5 rings (SSSR count). The Balaban J connectivity index is 1.58. The van der Waals surface area contributed by atoms with Gasteiger partial charge in [-0.15, -0.1) is 45.3 Å². The highest BCUT2D eigenvalue weighted by Crippen LogP contribution is 2.44. The number of benzene rings is 1. The van der Waals surface area contributed by atoms with Gasteiger partial charge in [0.15, 0.2) is 0 Å². The van der Waals surface area contributed by atoms with Crippen molar-refractivity contribution < 1.29 is 39.6 Å². The third-order valence-electron chi connectivity index (χ3n) is 5.81. The van der Waals surface area contributed by atoms with E-state index in [0.717, 1.165) is 63.1 Å². The number of rotatable bonds is 10. The van der Waals surface area contributed by atoms with Crippen molar-refractivity contribution in [1.29, 1.82) is 0 Å². The van der Waals surface area contributed by atoms with Crippen molar-refractivity contribution in [3.63, 3.8) is 0 Å². The van der Waals surface area contributed by atoms with E-state index in [0.29, 0.717) is 11.1 Å². The molecule has 4 aromatic heterocycles. The molecule has 0 aliphatic carbocycles. The average molecular weight is 611 g/mol. The van der Waals surface area contributed by atoms with Crippen LogP contribution in [0.5, 0.6) is 0 Å². The van der Waals surface area contributed by atoms with Gasteiger partial charge in [-0.3, -0.25) is 9.59 Å². The van der Waals surface area contributed by atoms with Crippen LogP contribution in [0.4, 0.5) is 0 Å². The van der Waals surface area contributed by atoms with Crippen LogP contribution in [0.1, 0.15) is 30.5 Å². The minimum Gasteiger partial charge on any atom is -0.481 e. The molecule has 8 nitrogen and oxygen atoms in total. The van der Waals surface area contributed by atoms with Crippen molar-refractivity contribution in [2.24, 2.45) is 0 Å². The monoisotopic (exact) mass is 610 g/mol. The van der Waals surface area contributed by atoms with Gasteiger partial charge in [0.1, 0.15) is 9.75 Å². The molecule has 0 bridgehead atoms. The molecule has 0 spiro atoms. The van der Waals surface area contributed by atoms with Gasteiger partial charge in [-0.1, -0.05) is 18.2 Å². The molecule has 0 aliphatic heterocycles. The first-order valence-corrected chi connectivity index (χ1v) is 14.8. The molecule has 4 N–H and O–H groups in total. The molecule has 0 saturated carbocycles. The van der Waals surface area contributed by atoms with E-state index in [9.17, 15) is 39.6 Å². The second-order valence-electron chi connectivity index (χ2n) is 8.59. The Labute approximate surface area is 242 Å². The summed E-state index contributed by atoms with van der Waals surface area (Å²) in [6.07, 6.45) is -0.435. The highest BCUT2D eigenvalue weighted by Gasteiger charge is 2.20. The topological polar surface area (TPSA) is 149 Å². The van der Waals surface area contributed by atoms with Gasteiger partial charge >= 0.3 is 23.9 Å². The van der Waals surface area contributed by atoms with E-state index in [1.54, 1.807) is 24.3 Å². The van der Waals surface area contributed by atoms with Gasteiger partial charge in [0, 0.05) is 29.3 Å². The summed E-state index contributed by atoms with van der Waals surface area (Å²) in [7, 11) is 0. The predicted octanol–water partition coefficient (Wildman–Crippen LogP) is 7.25. The van der Waals surface area contributed by atoms with Gasteiger partial charge in [0.25, 0.3) is 0 Å². The normalized spacial score (nSPS) is 11.0. The van der Waals surface area contributed by atoms with Crippen molar-refractivity contribution in [2.75, 3.05) is 0 Å². The Kier molecular flexibility index (Phi) is 7.68. The first-order chi connectivity index (χ1) is 19.1. The van der Waals surface area contributed by atoms with E-state index in [4.69, 9.17) is 0 Å². The van der Waals surface area contributed by atoms with Crippen molar-refractivity contribution in [2.45, 2.75) is 12.8 Å². The maximum Gasteiger partial charge on any atom is 0.345 e. The lowest BCUT2D eigenvalue weighted by Gasteiger charge is -2.07. The molecule has 202 valence electrons. The third-order valence-corrected chi connectivity index (χ3v) is 10.8. The van der Waals surface area contributed by atoms with Gasteiger partial charge in [0.2, 0.25) is 0 Å². The number of carbonyl (C=O) groups is 4. The summed E-state index contributed by atoms with van der Waals surface area (Å²) >= 11 is 4.97. The summed E-state index contributed by atoms with van der Waals surface area (Å²) in [5.41, 5.74) is 2.68. The van der Waals surface area contributed by atoms with E-state index >= 15 is 0 Å². The molecule has 0 aliphatic rings. The van der Waals surface area contributed by atoms with Crippen molar-refractivity contribution in [3.8, 4) is 40.4 Å². The summed E-state index contributed by atoms with van der Waals surface area (Å²) in [6, 6.07) is 17.4. The van der Waals surface area contributed by atoms with Gasteiger partial charge in [-0.05, 0) is 64.7 Å². The maximum absolute atomic E-state index is 11.6. The summed E-state index contributed by atoms with van der Waals surface area (Å²) in [5, 5.41) is 37.7. The lowest BCUT2D eigenvalue weighted by atomic mass is 10.0. The molecule has 5 aromatic rings. The number of carboxylic acids is 4. The minimum atomic E-state index is -1.03. The van der Waals surface area contributed by atoms with Crippen LogP contribution < -0.4 is 0 Å². The molecular formula is C28H18O8S4. The summed E-state index contributed by atoms with van der Waals surface area (Å²) in [5.74, 6) is -4.05. The van der Waals surface area contributed by atoms with Crippen LogP contribution in [0.2, 0.25) is 0 Å². The second kappa shape index (κ2) is 11.2. The van der Waals surface area contributed by atoms with Gasteiger partial charge in [-0.25, -0.2) is 9.59 Å². The van der Waals surface area contributed by atoms with E-state index in [1.807, 2.05) is 24.3 Å². The van der Waals surface area contributed by atoms with E-state index < -0.39 is 23.9 Å². The Morgan fingerprint density at radius 2 is 0.950 bits per heavy atom. The molecule has 0 fully saturated rings. The maximum atomic E-state index is 11.6. The van der Waals surface area contributed by atoms with Crippen LogP contribution in [-0.4, -0.2) is 44.3 Å². The van der Waals surface area contributed by atoms with Crippen LogP contribution in [0.15, 0.2) is 60.7 Å². The van der Waals surface area contributed by atoms with Crippen LogP contribution >= 0.6 is 45.3 Å². The first kappa shape index (κ1) is 27.5. The molecule has 0 amide bonds. The number of carboxylic acid groups (broad SMARTS) is 4. The molecule has 0 atom stereocenters. The van der Waals surface area contributed by atoms with Crippen LogP contribution in [0, 0.1) is 0 Å². The smallest absolute Gasteiger partial charge is 0.345 e. The van der Waals surface area contributed by atoms with Crippen molar-refractivity contribution >= 4 is 69.2 Å². The zero-order valence-corrected chi connectivity index (χ0v) is 23.5. The lowest BCUT2D eigenvalue weighted by Crippen LogP contribution is -2.00. The molecule has 0 unspecified atom stereocenters. The zero-order valence-electron chi connectivity index (χ0n) is 20.2. The molecule has 12 heteroatoms. The standard InChI is InChI=1S/C28H18O8S4/c29-23(30)11-15-9-21(17-4-6-19(37-17)27(33)34)39-25(15)13-2-1-3-14(8-13)26-16(12-24(31)32)10-22(40-26)18-5-7-20(38-18)28(35)36/h1-10H,11-12H2,(H,29,30)(H,31,32)(H,33,34)(H,35,36). The third kappa shape index (κ3) is 5.75. The van der Waals surface area contributed by atoms with E-state index in [1.165, 1.54) is 34.8 Å². The van der Waals surface area contributed by atoms with Crippen LogP contribution in [-0.2, 0) is 22.4 Å². The summed E-state index contributed by atoms with van der Waals surface area (Å²) in [4.78, 5) is 50.8. The van der Waals surface area contributed by atoms with Gasteiger partial charge in [0.05, 0.1) is 12.8 Å². The van der Waals surface area contributed by atoms with Gasteiger partial charge < -0.3 is 20.4 Å². The summed E-state index contributed by atoms with van der Waals surface area (Å²) < 4.78 is 0. The zero-order chi connectivity index (χ0) is 28.6. The molecule has 0 radical (unpaired) electrons. The second-order valence-corrected chi connectivity index (χ2v) is 12.9. The van der Waals surface area contributed by atoms with E-state index in [2.05, 4.69) is 0 Å². The lowest BCUT2D eigenvalue weighted by molar-refractivity contribution is -0.137. The predicted molar refractivity (Wildman–Crippen MR) is 156 cm³/mol. The number of aliphatic carboxylic acids is 2. The Hall–Kier alpha value is -4.10. The van der Waals surface area contributed by atoms with Gasteiger partial charge in [-0.2, -0.15) is 0 Å². The number of thiophene rings is 4. The number of aromatic carboxylic acids is 2. The highest BCUT2D eigenvalue weighted by atomic mass is 32.1. The Bertz CT molecular complexity index is 1660. The van der Waals surface area contributed by atoms with Crippen molar-refractivity contribution in [1.82, 2.24) is 0 Å². The fraction of sp³-hybridized carbons (Fsp3) is 0.0714. The molecule has 4 heterocycles. The van der Waals surface area contributed by atoms with Crippen LogP contribution in [0.3, 0.4) is 0 Å².